The molecular formula is C17H18BrClFN. The number of rotatable bonds is 6. The van der Waals surface area contributed by atoms with Crippen LogP contribution in [0.25, 0.3) is 0 Å². The topological polar surface area (TPSA) is 12.0 Å². The lowest BCUT2D eigenvalue weighted by Gasteiger charge is -2.20. The maximum Gasteiger partial charge on any atom is 0.123 e. The molecule has 1 unspecified atom stereocenters. The lowest BCUT2D eigenvalue weighted by atomic mass is 9.98. The van der Waals surface area contributed by atoms with E-state index in [4.69, 9.17) is 11.6 Å². The highest BCUT2D eigenvalue weighted by Gasteiger charge is 2.14. The fourth-order valence-electron chi connectivity index (χ4n) is 2.27. The van der Waals surface area contributed by atoms with E-state index >= 15 is 0 Å². The fraction of sp³-hybridized carbons (Fsp3) is 0.294. The standard InChI is InChI=1S/C17H18BrClFN/c1-2-8-21-17(12-4-3-5-14(18)9-12)11-13-10-15(20)6-7-16(13)19/h3-7,9-10,17,21H,2,8,11H2,1H3. The molecule has 0 amide bonds. The van der Waals surface area contributed by atoms with Crippen LogP contribution in [0.1, 0.15) is 30.5 Å². The van der Waals surface area contributed by atoms with Crippen molar-refractivity contribution in [1.29, 1.82) is 0 Å². The molecule has 1 nitrogen and oxygen atoms in total. The zero-order valence-electron chi connectivity index (χ0n) is 11.9. The molecule has 0 aromatic heterocycles. The smallest absolute Gasteiger partial charge is 0.123 e. The third-order valence-corrected chi connectivity index (χ3v) is 4.19. The van der Waals surface area contributed by atoms with Gasteiger partial charge in [0.1, 0.15) is 5.82 Å². The molecule has 2 aromatic rings. The average molecular weight is 371 g/mol. The third kappa shape index (κ3) is 4.80. The summed E-state index contributed by atoms with van der Waals surface area (Å²) in [5.41, 5.74) is 1.99. The third-order valence-electron chi connectivity index (χ3n) is 3.32. The van der Waals surface area contributed by atoms with E-state index in [-0.39, 0.29) is 11.9 Å². The molecule has 0 saturated heterocycles. The van der Waals surface area contributed by atoms with Crippen molar-refractivity contribution in [2.24, 2.45) is 0 Å². The van der Waals surface area contributed by atoms with Gasteiger partial charge >= 0.3 is 0 Å². The molecular weight excluding hydrogens is 353 g/mol. The fourth-order valence-corrected chi connectivity index (χ4v) is 2.88. The Morgan fingerprint density at radius 2 is 2.05 bits per heavy atom. The van der Waals surface area contributed by atoms with Gasteiger partial charge in [0.2, 0.25) is 0 Å². The van der Waals surface area contributed by atoms with Crippen LogP contribution in [-0.4, -0.2) is 6.54 Å². The SMILES string of the molecule is CCCNC(Cc1cc(F)ccc1Cl)c1cccc(Br)c1. The first-order chi connectivity index (χ1) is 10.1. The molecule has 21 heavy (non-hydrogen) atoms. The van der Waals surface area contributed by atoms with E-state index in [1.807, 2.05) is 12.1 Å². The molecule has 0 aliphatic carbocycles. The van der Waals surface area contributed by atoms with Crippen molar-refractivity contribution in [3.8, 4) is 0 Å². The molecule has 1 N–H and O–H groups in total. The van der Waals surface area contributed by atoms with Crippen LogP contribution in [0, 0.1) is 5.82 Å². The van der Waals surface area contributed by atoms with Gasteiger partial charge in [0, 0.05) is 15.5 Å². The molecule has 2 aromatic carbocycles. The second-order valence-electron chi connectivity index (χ2n) is 5.00. The predicted octanol–water partition coefficient (Wildman–Crippen LogP) is 5.53. The molecule has 0 aliphatic heterocycles. The van der Waals surface area contributed by atoms with Crippen molar-refractivity contribution < 1.29 is 4.39 Å². The van der Waals surface area contributed by atoms with Crippen molar-refractivity contribution in [2.45, 2.75) is 25.8 Å². The molecule has 0 fully saturated rings. The zero-order valence-corrected chi connectivity index (χ0v) is 14.2. The number of halogens is 3. The van der Waals surface area contributed by atoms with Gasteiger partial charge in [-0.3, -0.25) is 0 Å². The maximum atomic E-state index is 13.4. The van der Waals surface area contributed by atoms with Gasteiger partial charge in [0.05, 0.1) is 0 Å². The summed E-state index contributed by atoms with van der Waals surface area (Å²) in [4.78, 5) is 0. The van der Waals surface area contributed by atoms with Crippen molar-refractivity contribution in [3.63, 3.8) is 0 Å². The molecule has 0 heterocycles. The van der Waals surface area contributed by atoms with E-state index in [9.17, 15) is 4.39 Å². The van der Waals surface area contributed by atoms with Crippen LogP contribution in [0.2, 0.25) is 5.02 Å². The van der Waals surface area contributed by atoms with Crippen LogP contribution in [0.3, 0.4) is 0 Å². The van der Waals surface area contributed by atoms with Gasteiger partial charge in [0.25, 0.3) is 0 Å². The summed E-state index contributed by atoms with van der Waals surface area (Å²) in [5.74, 6) is -0.252. The van der Waals surface area contributed by atoms with Crippen LogP contribution < -0.4 is 5.32 Å². The van der Waals surface area contributed by atoms with Gasteiger partial charge in [-0.2, -0.15) is 0 Å². The maximum absolute atomic E-state index is 13.4. The van der Waals surface area contributed by atoms with Crippen LogP contribution >= 0.6 is 27.5 Å². The van der Waals surface area contributed by atoms with Crippen LogP contribution in [0.4, 0.5) is 4.39 Å². The highest BCUT2D eigenvalue weighted by molar-refractivity contribution is 9.10. The molecule has 112 valence electrons. The van der Waals surface area contributed by atoms with E-state index in [0.717, 1.165) is 28.6 Å². The summed E-state index contributed by atoms with van der Waals surface area (Å²) in [6.45, 7) is 3.03. The molecule has 4 heteroatoms. The van der Waals surface area contributed by atoms with Gasteiger partial charge in [0.15, 0.2) is 0 Å². The van der Waals surface area contributed by atoms with Crippen molar-refractivity contribution in [1.82, 2.24) is 5.32 Å². The quantitative estimate of drug-likeness (QED) is 0.705. The first-order valence-corrected chi connectivity index (χ1v) is 8.20. The van der Waals surface area contributed by atoms with Crippen molar-refractivity contribution in [2.75, 3.05) is 6.54 Å². The summed E-state index contributed by atoms with van der Waals surface area (Å²) in [6, 6.07) is 12.8. The lowest BCUT2D eigenvalue weighted by molar-refractivity contribution is 0.527. The summed E-state index contributed by atoms with van der Waals surface area (Å²) in [7, 11) is 0. The summed E-state index contributed by atoms with van der Waals surface area (Å²) in [5, 5.41) is 4.11. The Kier molecular flexibility index (Phi) is 6.22. The Balaban J connectivity index is 2.25. The van der Waals surface area contributed by atoms with E-state index in [0.29, 0.717) is 11.4 Å². The van der Waals surface area contributed by atoms with Gasteiger partial charge in [-0.15, -0.1) is 0 Å². The second-order valence-corrected chi connectivity index (χ2v) is 6.32. The lowest BCUT2D eigenvalue weighted by Crippen LogP contribution is -2.24. The first-order valence-electron chi connectivity index (χ1n) is 7.03. The van der Waals surface area contributed by atoms with Crippen molar-refractivity contribution >= 4 is 27.5 Å². The Bertz CT molecular complexity index is 603. The van der Waals surface area contributed by atoms with E-state index in [1.165, 1.54) is 12.1 Å². The van der Waals surface area contributed by atoms with Crippen molar-refractivity contribution in [3.05, 3.63) is 68.9 Å². The summed E-state index contributed by atoms with van der Waals surface area (Å²) < 4.78 is 14.5. The summed E-state index contributed by atoms with van der Waals surface area (Å²) in [6.07, 6.45) is 1.70. The minimum atomic E-state index is -0.252. The molecule has 0 bridgehead atoms. The molecule has 2 rings (SSSR count). The predicted molar refractivity (Wildman–Crippen MR) is 90.3 cm³/mol. The molecule has 0 radical (unpaired) electrons. The normalized spacial score (nSPS) is 12.4. The number of benzene rings is 2. The van der Waals surface area contributed by atoms with Crippen LogP contribution in [-0.2, 0) is 6.42 Å². The second kappa shape index (κ2) is 7.92. The zero-order chi connectivity index (χ0) is 15.2. The summed E-state index contributed by atoms with van der Waals surface area (Å²) >= 11 is 9.69. The minimum absolute atomic E-state index is 0.113. The van der Waals surface area contributed by atoms with Crippen LogP contribution in [0.15, 0.2) is 46.9 Å². The number of nitrogens with one attached hydrogen (secondary N) is 1. The van der Waals surface area contributed by atoms with Crippen LogP contribution in [0.5, 0.6) is 0 Å². The van der Waals surface area contributed by atoms with E-state index in [2.05, 4.69) is 40.3 Å². The molecule has 1 atom stereocenters. The molecule has 0 spiro atoms. The van der Waals surface area contributed by atoms with E-state index in [1.54, 1.807) is 6.07 Å². The van der Waals surface area contributed by atoms with Gasteiger partial charge < -0.3 is 5.32 Å². The average Bonchev–Trinajstić information content (AvgIpc) is 2.47. The Morgan fingerprint density at radius 1 is 1.24 bits per heavy atom. The van der Waals surface area contributed by atoms with Gasteiger partial charge in [-0.1, -0.05) is 46.6 Å². The Morgan fingerprint density at radius 3 is 2.76 bits per heavy atom. The molecule has 0 aliphatic rings. The Labute approximate surface area is 138 Å². The van der Waals surface area contributed by atoms with E-state index < -0.39 is 0 Å². The van der Waals surface area contributed by atoms with Gasteiger partial charge in [-0.05, 0) is 60.8 Å². The number of hydrogen-bond donors (Lipinski definition) is 1. The minimum Gasteiger partial charge on any atom is -0.310 e. The molecule has 0 saturated carbocycles. The first kappa shape index (κ1) is 16.5. The highest BCUT2D eigenvalue weighted by Crippen LogP contribution is 2.26. The largest absolute Gasteiger partial charge is 0.310 e. The van der Waals surface area contributed by atoms with Gasteiger partial charge in [-0.25, -0.2) is 4.39 Å². The highest BCUT2D eigenvalue weighted by atomic mass is 79.9. The Hall–Kier alpha value is -0.900. The monoisotopic (exact) mass is 369 g/mol. The number of hydrogen-bond acceptors (Lipinski definition) is 1.